The van der Waals surface area contributed by atoms with Crippen LogP contribution in [0, 0.1) is 0 Å². The smallest absolute Gasteiger partial charge is 0.410 e. The van der Waals surface area contributed by atoms with Crippen molar-refractivity contribution in [1.29, 1.82) is 0 Å². The van der Waals surface area contributed by atoms with Crippen molar-refractivity contribution in [3.05, 3.63) is 29.7 Å². The lowest BCUT2D eigenvalue weighted by Crippen LogP contribution is -2.50. The highest BCUT2D eigenvalue weighted by Crippen LogP contribution is 2.33. The number of likely N-dealkylation sites (tertiary alicyclic amines) is 1. The van der Waals surface area contributed by atoms with Gasteiger partial charge in [0.1, 0.15) is 5.60 Å². The predicted octanol–water partition coefficient (Wildman–Crippen LogP) is 3.05. The lowest BCUT2D eigenvalue weighted by atomic mass is 10.0. The fourth-order valence-corrected chi connectivity index (χ4v) is 3.49. The zero-order valence-corrected chi connectivity index (χ0v) is 18.7. The first-order valence-corrected chi connectivity index (χ1v) is 10.7. The Hall–Kier alpha value is -2.97. The highest BCUT2D eigenvalue weighted by Gasteiger charge is 2.40. The number of hydrogen-bond acceptors (Lipinski definition) is 7. The second-order valence-corrected chi connectivity index (χ2v) is 9.08. The molecule has 1 saturated heterocycles. The molecule has 2 fully saturated rings. The maximum atomic E-state index is 13.2. The molecule has 2 amide bonds. The third-order valence-corrected chi connectivity index (χ3v) is 5.22. The Morgan fingerprint density at radius 3 is 2.26 bits per heavy atom. The zero-order chi connectivity index (χ0) is 22.6. The van der Waals surface area contributed by atoms with E-state index in [1.165, 1.54) is 18.6 Å². The number of aliphatic imine (C=N–C) groups is 1. The quantitative estimate of drug-likeness (QED) is 0.721. The van der Waals surface area contributed by atoms with Gasteiger partial charge in [0, 0.05) is 43.8 Å². The molecule has 1 aliphatic heterocycles. The summed E-state index contributed by atoms with van der Waals surface area (Å²) in [6.45, 7) is 8.56. The molecule has 2 heterocycles. The van der Waals surface area contributed by atoms with E-state index in [4.69, 9.17) is 10.5 Å². The summed E-state index contributed by atoms with van der Waals surface area (Å²) < 4.78 is 5.47. The van der Waals surface area contributed by atoms with Crippen LogP contribution >= 0.6 is 0 Å². The largest absolute Gasteiger partial charge is 0.444 e. The molecule has 2 N–H and O–H groups in total. The summed E-state index contributed by atoms with van der Waals surface area (Å²) in [5, 5.41) is 0. The van der Waals surface area contributed by atoms with E-state index in [9.17, 15) is 9.59 Å². The Balaban J connectivity index is 1.63. The minimum Gasteiger partial charge on any atom is -0.444 e. The van der Waals surface area contributed by atoms with Crippen molar-refractivity contribution >= 4 is 24.2 Å². The molecule has 31 heavy (non-hydrogen) atoms. The Morgan fingerprint density at radius 1 is 1.16 bits per heavy atom. The van der Waals surface area contributed by atoms with Gasteiger partial charge in [-0.3, -0.25) is 4.79 Å². The van der Waals surface area contributed by atoms with Crippen LogP contribution in [-0.2, 0) is 4.74 Å². The molecule has 1 saturated carbocycles. The Kier molecular flexibility index (Phi) is 6.92. The first-order valence-electron chi connectivity index (χ1n) is 10.7. The van der Waals surface area contributed by atoms with E-state index < -0.39 is 5.60 Å². The standard InChI is InChI=1S/C22H32N6O3/c1-15(11-23)12-24-20-25-13-16(14-26-20)19(29)28(17-5-6-17)18-7-9-27(10-8-18)21(30)31-22(2,3)4/h11-14,17-18H,5-10,23H2,1-4H3. The zero-order valence-electron chi connectivity index (χ0n) is 18.7. The van der Waals surface area contributed by atoms with Crippen LogP contribution in [0.4, 0.5) is 10.7 Å². The number of hydrogen-bond donors (Lipinski definition) is 1. The van der Waals surface area contributed by atoms with Crippen molar-refractivity contribution in [2.45, 2.75) is 71.1 Å². The van der Waals surface area contributed by atoms with Gasteiger partial charge in [-0.2, -0.15) is 0 Å². The van der Waals surface area contributed by atoms with Gasteiger partial charge in [-0.15, -0.1) is 0 Å². The van der Waals surface area contributed by atoms with E-state index in [0.717, 1.165) is 31.3 Å². The van der Waals surface area contributed by atoms with Gasteiger partial charge in [0.2, 0.25) is 5.95 Å². The van der Waals surface area contributed by atoms with Gasteiger partial charge >= 0.3 is 6.09 Å². The Bertz CT molecular complexity index is 847. The van der Waals surface area contributed by atoms with Crippen LogP contribution in [0.1, 0.15) is 63.7 Å². The maximum absolute atomic E-state index is 13.2. The second kappa shape index (κ2) is 9.45. The number of rotatable bonds is 5. The molecule has 9 nitrogen and oxygen atoms in total. The molecule has 0 unspecified atom stereocenters. The van der Waals surface area contributed by atoms with Crippen LogP contribution in [0.3, 0.4) is 0 Å². The van der Waals surface area contributed by atoms with Gasteiger partial charge in [-0.1, -0.05) is 0 Å². The van der Waals surface area contributed by atoms with Gasteiger partial charge < -0.3 is 20.3 Å². The van der Waals surface area contributed by atoms with Crippen LogP contribution in [0.2, 0.25) is 0 Å². The summed E-state index contributed by atoms with van der Waals surface area (Å²) in [6.07, 6.45) is 9.25. The molecule has 1 aliphatic carbocycles. The van der Waals surface area contributed by atoms with E-state index >= 15 is 0 Å². The van der Waals surface area contributed by atoms with Crippen LogP contribution < -0.4 is 5.73 Å². The number of amides is 2. The topological polar surface area (TPSA) is 114 Å². The summed E-state index contributed by atoms with van der Waals surface area (Å²) in [7, 11) is 0. The highest BCUT2D eigenvalue weighted by atomic mass is 16.6. The van der Waals surface area contributed by atoms with Gasteiger partial charge in [-0.05, 0) is 65.2 Å². The Labute approximate surface area is 183 Å². The second-order valence-electron chi connectivity index (χ2n) is 9.08. The molecule has 9 heteroatoms. The number of carbonyl (C=O) groups excluding carboxylic acids is 2. The molecular weight excluding hydrogens is 396 g/mol. The minimum absolute atomic E-state index is 0.0632. The summed E-state index contributed by atoms with van der Waals surface area (Å²) in [6, 6.07) is 0.342. The van der Waals surface area contributed by atoms with Crippen LogP contribution in [0.5, 0.6) is 0 Å². The molecule has 0 aromatic carbocycles. The lowest BCUT2D eigenvalue weighted by Gasteiger charge is -2.39. The van der Waals surface area contributed by atoms with E-state index in [1.54, 1.807) is 11.1 Å². The van der Waals surface area contributed by atoms with E-state index in [1.807, 2.05) is 32.6 Å². The number of piperidine rings is 1. The van der Waals surface area contributed by atoms with Crippen molar-refractivity contribution < 1.29 is 14.3 Å². The van der Waals surface area contributed by atoms with E-state index in [-0.39, 0.29) is 30.0 Å². The fourth-order valence-electron chi connectivity index (χ4n) is 3.49. The predicted molar refractivity (Wildman–Crippen MR) is 118 cm³/mol. The average molecular weight is 429 g/mol. The maximum Gasteiger partial charge on any atom is 0.410 e. The first kappa shape index (κ1) is 22.7. The molecule has 2 aliphatic rings. The van der Waals surface area contributed by atoms with Gasteiger partial charge in [-0.25, -0.2) is 19.8 Å². The van der Waals surface area contributed by atoms with Gasteiger partial charge in [0.05, 0.1) is 5.56 Å². The highest BCUT2D eigenvalue weighted by molar-refractivity contribution is 5.94. The number of allylic oxidation sites excluding steroid dienone is 1. The number of nitrogens with two attached hydrogens (primary N) is 1. The van der Waals surface area contributed by atoms with Crippen molar-refractivity contribution in [2.24, 2.45) is 10.7 Å². The molecule has 0 spiro atoms. The van der Waals surface area contributed by atoms with Crippen molar-refractivity contribution in [1.82, 2.24) is 19.8 Å². The average Bonchev–Trinajstić information content (AvgIpc) is 3.56. The summed E-state index contributed by atoms with van der Waals surface area (Å²) in [4.78, 5) is 41.8. The van der Waals surface area contributed by atoms with Crippen LogP contribution in [-0.4, -0.2) is 68.8 Å². The molecule has 168 valence electrons. The first-order chi connectivity index (χ1) is 14.7. The number of nitrogens with zero attached hydrogens (tertiary/aromatic N) is 5. The molecule has 0 radical (unpaired) electrons. The third-order valence-electron chi connectivity index (χ3n) is 5.22. The molecule has 3 rings (SSSR count). The van der Waals surface area contributed by atoms with E-state index in [2.05, 4.69) is 15.0 Å². The number of ether oxygens (including phenoxy) is 1. The van der Waals surface area contributed by atoms with Gasteiger partial charge in [0.15, 0.2) is 0 Å². The SMILES string of the molecule is CC(C=Nc1ncc(C(=O)N(C2CC2)C2CCN(C(=O)OC(C)(C)C)CC2)cn1)=CN. The number of aromatic nitrogens is 2. The monoisotopic (exact) mass is 428 g/mol. The molecule has 1 aromatic rings. The minimum atomic E-state index is -0.514. The van der Waals surface area contributed by atoms with Crippen molar-refractivity contribution in [3.63, 3.8) is 0 Å². The molecule has 0 bridgehead atoms. The van der Waals surface area contributed by atoms with Crippen LogP contribution in [0.15, 0.2) is 29.2 Å². The summed E-state index contributed by atoms with van der Waals surface area (Å²) in [5.41, 5.74) is 6.15. The number of carbonyl (C=O) groups is 2. The van der Waals surface area contributed by atoms with Crippen molar-refractivity contribution in [2.75, 3.05) is 13.1 Å². The van der Waals surface area contributed by atoms with Crippen LogP contribution in [0.25, 0.3) is 0 Å². The Morgan fingerprint density at radius 2 is 1.74 bits per heavy atom. The summed E-state index contributed by atoms with van der Waals surface area (Å²) >= 11 is 0. The van der Waals surface area contributed by atoms with Crippen molar-refractivity contribution in [3.8, 4) is 0 Å². The summed E-state index contributed by atoms with van der Waals surface area (Å²) in [5.74, 6) is 0.216. The molecular formula is C22H32N6O3. The lowest BCUT2D eigenvalue weighted by molar-refractivity contribution is 0.0142. The third kappa shape index (κ3) is 6.26. The molecule has 1 aromatic heterocycles. The van der Waals surface area contributed by atoms with Gasteiger partial charge in [0.25, 0.3) is 5.91 Å². The molecule has 0 atom stereocenters. The fraction of sp³-hybridized carbons (Fsp3) is 0.591. The van der Waals surface area contributed by atoms with E-state index in [0.29, 0.717) is 18.7 Å². The normalized spacial score (nSPS) is 18.3.